The molecule has 0 aliphatic rings. The molecular weight excluding hydrogens is 396 g/mol. The van der Waals surface area contributed by atoms with Gasteiger partial charge in [0.2, 0.25) is 0 Å². The fourth-order valence-electron chi connectivity index (χ4n) is 2.99. The number of aromatic nitrogens is 5. The van der Waals surface area contributed by atoms with Crippen LogP contribution in [0.2, 0.25) is 5.02 Å². The third-order valence-electron chi connectivity index (χ3n) is 4.37. The maximum absolute atomic E-state index is 12.7. The first-order valence-electron chi connectivity index (χ1n) is 8.73. The van der Waals surface area contributed by atoms with Gasteiger partial charge in [0.15, 0.2) is 5.82 Å². The highest BCUT2D eigenvalue weighted by Crippen LogP contribution is 2.25. The van der Waals surface area contributed by atoms with Gasteiger partial charge in [-0.05, 0) is 29.7 Å². The van der Waals surface area contributed by atoms with Gasteiger partial charge in [0.1, 0.15) is 5.78 Å². The normalized spacial score (nSPS) is 12.0. The van der Waals surface area contributed by atoms with Crippen molar-refractivity contribution < 1.29 is 14.3 Å². The highest BCUT2D eigenvalue weighted by molar-refractivity contribution is 6.32. The number of carbonyl (C=O) groups excluding carboxylic acids is 2. The van der Waals surface area contributed by atoms with Gasteiger partial charge in [-0.1, -0.05) is 11.6 Å². The van der Waals surface area contributed by atoms with Gasteiger partial charge in [-0.2, -0.15) is 10.2 Å². The van der Waals surface area contributed by atoms with Crippen molar-refractivity contribution in [1.29, 1.82) is 0 Å². The molecule has 0 radical (unpaired) electrons. The highest BCUT2D eigenvalue weighted by Gasteiger charge is 2.21. The Bertz CT molecular complexity index is 1040. The molecule has 0 bridgehead atoms. The second kappa shape index (κ2) is 8.89. The van der Waals surface area contributed by atoms with E-state index in [1.165, 1.54) is 30.5 Å². The Morgan fingerprint density at radius 2 is 1.93 bits per heavy atom. The smallest absolute Gasteiger partial charge is 0.250 e. The Hall–Kier alpha value is -3.17. The zero-order valence-corrected chi connectivity index (χ0v) is 16.6. The molecule has 1 amide bonds. The molecule has 1 unspecified atom stereocenters. The van der Waals surface area contributed by atoms with E-state index in [-0.39, 0.29) is 24.2 Å². The van der Waals surface area contributed by atoms with Gasteiger partial charge in [-0.15, -0.1) is 4.80 Å². The van der Waals surface area contributed by atoms with E-state index < -0.39 is 12.0 Å². The number of Topliss-reactive ketones (excluding diaryl/α,β-unsaturated/α-hetero) is 1. The molecular formula is C19H19ClN6O3. The second-order valence-corrected chi connectivity index (χ2v) is 6.77. The summed E-state index contributed by atoms with van der Waals surface area (Å²) in [5, 5.41) is 8.30. The Morgan fingerprint density at radius 1 is 1.21 bits per heavy atom. The van der Waals surface area contributed by atoms with Crippen molar-refractivity contribution in [3.8, 4) is 5.82 Å². The minimum atomic E-state index is -0.621. The zero-order valence-electron chi connectivity index (χ0n) is 15.9. The number of amides is 1. The van der Waals surface area contributed by atoms with Gasteiger partial charge in [0.25, 0.3) is 5.91 Å². The van der Waals surface area contributed by atoms with Crippen molar-refractivity contribution in [2.75, 3.05) is 7.11 Å². The first-order chi connectivity index (χ1) is 13.9. The maximum Gasteiger partial charge on any atom is 0.250 e. The van der Waals surface area contributed by atoms with Crippen LogP contribution in [-0.4, -0.2) is 43.8 Å². The highest BCUT2D eigenvalue weighted by atomic mass is 35.5. The van der Waals surface area contributed by atoms with Gasteiger partial charge in [-0.25, -0.2) is 4.98 Å². The first kappa shape index (κ1) is 20.6. The number of halogens is 1. The van der Waals surface area contributed by atoms with Crippen LogP contribution in [0.1, 0.15) is 40.1 Å². The van der Waals surface area contributed by atoms with Crippen molar-refractivity contribution in [3.05, 3.63) is 64.3 Å². The van der Waals surface area contributed by atoms with E-state index in [1.54, 1.807) is 25.4 Å². The van der Waals surface area contributed by atoms with Gasteiger partial charge in [-0.3, -0.25) is 14.6 Å². The number of nitrogens with two attached hydrogens (primary N) is 1. The number of carbonyl (C=O) groups is 2. The predicted octanol–water partition coefficient (Wildman–Crippen LogP) is 1.87. The molecule has 0 aliphatic heterocycles. The van der Waals surface area contributed by atoms with E-state index in [2.05, 4.69) is 20.2 Å². The van der Waals surface area contributed by atoms with E-state index in [0.717, 1.165) is 0 Å². The molecule has 2 N–H and O–H groups in total. The number of methoxy groups -OCH3 is 1. The Kier molecular flexibility index (Phi) is 6.30. The van der Waals surface area contributed by atoms with Crippen LogP contribution in [0.4, 0.5) is 0 Å². The first-order valence-corrected chi connectivity index (χ1v) is 9.10. The summed E-state index contributed by atoms with van der Waals surface area (Å²) in [7, 11) is 1.52. The second-order valence-electron chi connectivity index (χ2n) is 6.36. The van der Waals surface area contributed by atoms with Crippen molar-refractivity contribution in [1.82, 2.24) is 25.0 Å². The standard InChI is InChI=1S/C19H19ClN6O3/c1-11(29-2)17-13(9-22-10-15(17)18(21)28)7-14(27)5-12-6-16(20)19(23-8-12)26-24-3-4-25-26/h3-4,6,8-11H,5,7H2,1-2H3,(H2,21,28). The third-order valence-corrected chi connectivity index (χ3v) is 4.65. The van der Waals surface area contributed by atoms with Crippen LogP contribution in [0, 0.1) is 0 Å². The predicted molar refractivity (Wildman–Crippen MR) is 105 cm³/mol. The van der Waals surface area contributed by atoms with E-state index in [0.29, 0.717) is 27.5 Å². The molecule has 0 fully saturated rings. The molecule has 1 atom stereocenters. The molecule has 3 aromatic heterocycles. The lowest BCUT2D eigenvalue weighted by molar-refractivity contribution is -0.117. The average Bonchev–Trinajstić information content (AvgIpc) is 3.21. The zero-order chi connectivity index (χ0) is 21.0. The lowest BCUT2D eigenvalue weighted by atomic mass is 9.94. The number of pyridine rings is 2. The third kappa shape index (κ3) is 4.64. The van der Waals surface area contributed by atoms with Crippen LogP contribution >= 0.6 is 11.6 Å². The lowest BCUT2D eigenvalue weighted by Crippen LogP contribution is -2.19. The molecule has 150 valence electrons. The fraction of sp³-hybridized carbons (Fsp3) is 0.263. The summed E-state index contributed by atoms with van der Waals surface area (Å²) in [6.07, 6.45) is 7.28. The average molecular weight is 415 g/mol. The molecule has 0 saturated heterocycles. The number of rotatable bonds is 8. The number of hydrogen-bond acceptors (Lipinski definition) is 7. The van der Waals surface area contributed by atoms with Gasteiger partial charge in [0.05, 0.1) is 29.1 Å². The number of primary amides is 1. The summed E-state index contributed by atoms with van der Waals surface area (Å²) in [4.78, 5) is 34.0. The SMILES string of the molecule is COC(C)c1c(CC(=O)Cc2cnc(-n3nccn3)c(Cl)c2)cncc1C(N)=O. The van der Waals surface area contributed by atoms with E-state index in [1.807, 2.05) is 0 Å². The molecule has 3 rings (SSSR count). The van der Waals surface area contributed by atoms with E-state index in [4.69, 9.17) is 22.1 Å². The van der Waals surface area contributed by atoms with Crippen molar-refractivity contribution >= 4 is 23.3 Å². The number of ketones is 1. The molecule has 10 heteroatoms. The number of ether oxygens (including phenoxy) is 1. The molecule has 0 spiro atoms. The topological polar surface area (TPSA) is 126 Å². The summed E-state index contributed by atoms with van der Waals surface area (Å²) < 4.78 is 5.34. The minimum Gasteiger partial charge on any atom is -0.377 e. The molecule has 3 heterocycles. The Morgan fingerprint density at radius 3 is 2.55 bits per heavy atom. The molecule has 9 nitrogen and oxygen atoms in total. The largest absolute Gasteiger partial charge is 0.377 e. The quantitative estimate of drug-likeness (QED) is 0.596. The lowest BCUT2D eigenvalue weighted by Gasteiger charge is -2.17. The van der Waals surface area contributed by atoms with Crippen LogP contribution in [0.3, 0.4) is 0 Å². The van der Waals surface area contributed by atoms with Crippen LogP contribution in [0.25, 0.3) is 5.82 Å². The summed E-state index contributed by atoms with van der Waals surface area (Å²) in [5.41, 5.74) is 7.50. The molecule has 0 saturated carbocycles. The van der Waals surface area contributed by atoms with Gasteiger partial charge < -0.3 is 10.5 Å². The summed E-state index contributed by atoms with van der Waals surface area (Å²) >= 11 is 6.25. The Balaban J connectivity index is 1.80. The van der Waals surface area contributed by atoms with Gasteiger partial charge >= 0.3 is 0 Å². The molecule has 29 heavy (non-hydrogen) atoms. The fourth-order valence-corrected chi connectivity index (χ4v) is 3.26. The molecule has 3 aromatic rings. The minimum absolute atomic E-state index is 0.0667. The molecule has 0 aliphatic carbocycles. The summed E-state index contributed by atoms with van der Waals surface area (Å²) in [6.45, 7) is 1.78. The molecule has 0 aromatic carbocycles. The number of nitrogens with zero attached hydrogens (tertiary/aromatic N) is 5. The van der Waals surface area contributed by atoms with Gasteiger partial charge in [0, 0.05) is 38.5 Å². The van der Waals surface area contributed by atoms with Crippen molar-refractivity contribution in [2.45, 2.75) is 25.9 Å². The number of hydrogen-bond donors (Lipinski definition) is 1. The van der Waals surface area contributed by atoms with Crippen LogP contribution < -0.4 is 5.73 Å². The summed E-state index contributed by atoms with van der Waals surface area (Å²) in [6, 6.07) is 1.65. The van der Waals surface area contributed by atoms with Crippen molar-refractivity contribution in [2.24, 2.45) is 5.73 Å². The summed E-state index contributed by atoms with van der Waals surface area (Å²) in [5.74, 6) is -0.340. The van der Waals surface area contributed by atoms with E-state index >= 15 is 0 Å². The monoisotopic (exact) mass is 414 g/mol. The van der Waals surface area contributed by atoms with Crippen LogP contribution in [-0.2, 0) is 22.4 Å². The Labute approximate surface area is 171 Å². The van der Waals surface area contributed by atoms with Crippen LogP contribution in [0.15, 0.2) is 37.1 Å². The van der Waals surface area contributed by atoms with E-state index in [9.17, 15) is 9.59 Å². The van der Waals surface area contributed by atoms with Crippen molar-refractivity contribution in [3.63, 3.8) is 0 Å². The maximum atomic E-state index is 12.7. The van der Waals surface area contributed by atoms with Crippen LogP contribution in [0.5, 0.6) is 0 Å².